The summed E-state index contributed by atoms with van der Waals surface area (Å²) in [7, 11) is 0. The molecule has 4 aromatic rings. The summed E-state index contributed by atoms with van der Waals surface area (Å²) in [6.45, 7) is 0.295. The van der Waals surface area contributed by atoms with Crippen molar-refractivity contribution in [3.05, 3.63) is 107 Å². The molecule has 1 aromatic heterocycles. The fourth-order valence-electron chi connectivity index (χ4n) is 3.37. The van der Waals surface area contributed by atoms with Crippen LogP contribution in [0.1, 0.15) is 21.5 Å². The predicted octanol–water partition coefficient (Wildman–Crippen LogP) is 4.15. The molecule has 160 valence electrons. The van der Waals surface area contributed by atoms with Gasteiger partial charge in [0, 0.05) is 34.5 Å². The third-order valence-electron chi connectivity index (χ3n) is 4.98. The van der Waals surface area contributed by atoms with Crippen LogP contribution in [0, 0.1) is 0 Å². The summed E-state index contributed by atoms with van der Waals surface area (Å²) in [5.74, 6) is -0.656. The van der Waals surface area contributed by atoms with Gasteiger partial charge >= 0.3 is 0 Å². The van der Waals surface area contributed by atoms with Gasteiger partial charge in [-0.1, -0.05) is 54.1 Å². The van der Waals surface area contributed by atoms with E-state index in [1.807, 2.05) is 54.7 Å². The average molecular weight is 445 g/mol. The number of halogens is 1. The van der Waals surface area contributed by atoms with Crippen LogP contribution < -0.4 is 11.1 Å². The second kappa shape index (κ2) is 9.49. The largest absolute Gasteiger partial charge is 0.366 e. The van der Waals surface area contributed by atoms with Gasteiger partial charge in [-0.25, -0.2) is 4.68 Å². The molecule has 0 bridgehead atoms. The molecule has 3 N–H and O–H groups in total. The molecule has 0 aliphatic rings. The Kier molecular flexibility index (Phi) is 6.33. The zero-order valence-electron chi connectivity index (χ0n) is 17.2. The van der Waals surface area contributed by atoms with Crippen molar-refractivity contribution in [2.45, 2.75) is 13.0 Å². The number of benzene rings is 3. The van der Waals surface area contributed by atoms with E-state index in [1.54, 1.807) is 35.0 Å². The Labute approximate surface area is 190 Å². The molecule has 0 spiro atoms. The van der Waals surface area contributed by atoms with Crippen molar-refractivity contribution in [1.29, 1.82) is 0 Å². The third-order valence-corrected chi connectivity index (χ3v) is 5.23. The number of carbonyl (C=O) groups excluding carboxylic acids is 2. The highest BCUT2D eigenvalue weighted by Gasteiger charge is 2.16. The van der Waals surface area contributed by atoms with Crippen LogP contribution in [0.5, 0.6) is 0 Å². The molecule has 0 fully saturated rings. The van der Waals surface area contributed by atoms with E-state index in [4.69, 9.17) is 22.4 Å². The maximum absolute atomic E-state index is 12.7. The van der Waals surface area contributed by atoms with Crippen LogP contribution in [0.3, 0.4) is 0 Å². The fourth-order valence-corrected chi connectivity index (χ4v) is 3.50. The van der Waals surface area contributed by atoms with Crippen molar-refractivity contribution in [3.63, 3.8) is 0 Å². The minimum Gasteiger partial charge on any atom is -0.366 e. The summed E-state index contributed by atoms with van der Waals surface area (Å²) < 4.78 is 1.77. The molecular formula is C25H21ClN4O2. The number of amides is 2. The molecule has 32 heavy (non-hydrogen) atoms. The van der Waals surface area contributed by atoms with Gasteiger partial charge in [-0.3, -0.25) is 9.59 Å². The van der Waals surface area contributed by atoms with E-state index in [9.17, 15) is 9.59 Å². The Bertz CT molecular complexity index is 1250. The van der Waals surface area contributed by atoms with Crippen molar-refractivity contribution in [3.8, 4) is 16.9 Å². The summed E-state index contributed by atoms with van der Waals surface area (Å²) in [4.78, 5) is 24.1. The lowest BCUT2D eigenvalue weighted by Gasteiger charge is -2.07. The zero-order valence-corrected chi connectivity index (χ0v) is 17.9. The van der Waals surface area contributed by atoms with Gasteiger partial charge in [0.2, 0.25) is 11.8 Å². The standard InChI is InChI=1S/C25H21ClN4O2/c26-21-11-9-18(10-12-21)24-20(16-30(29-24)22-7-2-1-3-8-22)14-23(31)28-15-17-5-4-6-19(13-17)25(27)32/h1-13,16H,14-15H2,(H2,27,32)(H,28,31). The van der Waals surface area contributed by atoms with Gasteiger partial charge in [-0.15, -0.1) is 0 Å². The molecule has 0 saturated heterocycles. The number of aromatic nitrogens is 2. The first-order valence-corrected chi connectivity index (χ1v) is 10.4. The Hall–Kier alpha value is -3.90. The Balaban J connectivity index is 1.55. The summed E-state index contributed by atoms with van der Waals surface area (Å²) in [5, 5.41) is 8.26. The van der Waals surface area contributed by atoms with Crippen molar-refractivity contribution in [2.75, 3.05) is 0 Å². The summed E-state index contributed by atoms with van der Waals surface area (Å²) >= 11 is 6.04. The van der Waals surface area contributed by atoms with Gasteiger partial charge in [0.05, 0.1) is 17.8 Å². The van der Waals surface area contributed by atoms with E-state index in [0.29, 0.717) is 17.1 Å². The second-order valence-electron chi connectivity index (χ2n) is 7.31. The number of nitrogens with zero attached hydrogens (tertiary/aromatic N) is 2. The van der Waals surface area contributed by atoms with Gasteiger partial charge in [0.15, 0.2) is 0 Å². The second-order valence-corrected chi connectivity index (χ2v) is 7.74. The first kappa shape index (κ1) is 21.3. The molecule has 6 nitrogen and oxygen atoms in total. The van der Waals surface area contributed by atoms with Crippen LogP contribution in [0.2, 0.25) is 5.02 Å². The maximum Gasteiger partial charge on any atom is 0.248 e. The maximum atomic E-state index is 12.7. The lowest BCUT2D eigenvalue weighted by Crippen LogP contribution is -2.24. The van der Waals surface area contributed by atoms with Crippen molar-refractivity contribution < 1.29 is 9.59 Å². The van der Waals surface area contributed by atoms with Crippen LogP contribution in [-0.4, -0.2) is 21.6 Å². The Morgan fingerprint density at radius 1 is 0.969 bits per heavy atom. The number of hydrogen-bond acceptors (Lipinski definition) is 3. The molecule has 3 aromatic carbocycles. The molecule has 0 aliphatic heterocycles. The van der Waals surface area contributed by atoms with Gasteiger partial charge in [0.25, 0.3) is 0 Å². The summed E-state index contributed by atoms with van der Waals surface area (Å²) in [6, 6.07) is 24.0. The quantitative estimate of drug-likeness (QED) is 0.448. The van der Waals surface area contributed by atoms with Crippen LogP contribution in [0.25, 0.3) is 16.9 Å². The van der Waals surface area contributed by atoms with Crippen molar-refractivity contribution >= 4 is 23.4 Å². The van der Waals surface area contributed by atoms with Crippen molar-refractivity contribution in [1.82, 2.24) is 15.1 Å². The van der Waals surface area contributed by atoms with E-state index in [-0.39, 0.29) is 12.3 Å². The number of nitrogens with two attached hydrogens (primary N) is 1. The molecular weight excluding hydrogens is 424 g/mol. The fraction of sp³-hybridized carbons (Fsp3) is 0.0800. The topological polar surface area (TPSA) is 90.0 Å². The molecule has 0 radical (unpaired) electrons. The van der Waals surface area contributed by atoms with E-state index < -0.39 is 5.91 Å². The molecule has 7 heteroatoms. The normalized spacial score (nSPS) is 10.7. The third kappa shape index (κ3) is 5.04. The Morgan fingerprint density at radius 2 is 1.72 bits per heavy atom. The van der Waals surface area contributed by atoms with Gasteiger partial charge in [0.1, 0.15) is 0 Å². The smallest absolute Gasteiger partial charge is 0.248 e. The number of para-hydroxylation sites is 1. The minimum absolute atomic E-state index is 0.153. The van der Waals surface area contributed by atoms with Crippen LogP contribution in [-0.2, 0) is 17.8 Å². The van der Waals surface area contributed by atoms with E-state index in [0.717, 1.165) is 28.1 Å². The lowest BCUT2D eigenvalue weighted by atomic mass is 10.1. The molecule has 0 aliphatic carbocycles. The highest BCUT2D eigenvalue weighted by Crippen LogP contribution is 2.25. The molecule has 0 saturated carbocycles. The SMILES string of the molecule is NC(=O)c1cccc(CNC(=O)Cc2cn(-c3ccccc3)nc2-c2ccc(Cl)cc2)c1. The van der Waals surface area contributed by atoms with Crippen molar-refractivity contribution in [2.24, 2.45) is 5.73 Å². The number of primary amides is 1. The Morgan fingerprint density at radius 3 is 2.44 bits per heavy atom. The summed E-state index contributed by atoms with van der Waals surface area (Å²) in [5.41, 5.74) is 9.82. The molecule has 1 heterocycles. The number of carbonyl (C=O) groups is 2. The van der Waals surface area contributed by atoms with Crippen LogP contribution in [0.15, 0.2) is 85.1 Å². The summed E-state index contributed by atoms with van der Waals surface area (Å²) in [6.07, 6.45) is 2.02. The monoisotopic (exact) mass is 444 g/mol. The lowest BCUT2D eigenvalue weighted by molar-refractivity contribution is -0.120. The number of nitrogens with one attached hydrogen (secondary N) is 1. The highest BCUT2D eigenvalue weighted by atomic mass is 35.5. The first-order chi connectivity index (χ1) is 15.5. The van der Waals surface area contributed by atoms with Crippen LogP contribution in [0.4, 0.5) is 0 Å². The minimum atomic E-state index is -0.501. The molecule has 4 rings (SSSR count). The van der Waals surface area contributed by atoms with Gasteiger partial charge < -0.3 is 11.1 Å². The zero-order chi connectivity index (χ0) is 22.5. The predicted molar refractivity (Wildman–Crippen MR) is 125 cm³/mol. The highest BCUT2D eigenvalue weighted by molar-refractivity contribution is 6.30. The van der Waals surface area contributed by atoms with Crippen LogP contribution >= 0.6 is 11.6 Å². The molecule has 2 amide bonds. The van der Waals surface area contributed by atoms with E-state index in [2.05, 4.69) is 5.32 Å². The average Bonchev–Trinajstić information content (AvgIpc) is 3.22. The van der Waals surface area contributed by atoms with E-state index in [1.165, 1.54) is 0 Å². The first-order valence-electron chi connectivity index (χ1n) is 10.0. The van der Waals surface area contributed by atoms with Gasteiger partial charge in [-0.2, -0.15) is 5.10 Å². The molecule has 0 atom stereocenters. The van der Waals surface area contributed by atoms with E-state index >= 15 is 0 Å². The number of rotatable bonds is 7. The number of hydrogen-bond donors (Lipinski definition) is 2. The van der Waals surface area contributed by atoms with Gasteiger partial charge in [-0.05, 0) is 42.0 Å². The molecule has 0 unspecified atom stereocenters.